The summed E-state index contributed by atoms with van der Waals surface area (Å²) in [5.74, 6) is -1.54. The smallest absolute Gasteiger partial charge is 0.335 e. The summed E-state index contributed by atoms with van der Waals surface area (Å²) in [5.41, 5.74) is 5.47. The minimum atomic E-state index is -1.10. The van der Waals surface area contributed by atoms with Gasteiger partial charge >= 0.3 is 12.0 Å². The number of aryl methyl sites for hydroxylation is 1. The molecule has 18 heavy (non-hydrogen) atoms. The topological polar surface area (TPSA) is 119 Å². The van der Waals surface area contributed by atoms with E-state index in [2.05, 4.69) is 0 Å². The van der Waals surface area contributed by atoms with Crippen molar-refractivity contribution in [1.82, 2.24) is 5.32 Å². The molecule has 1 aromatic rings. The monoisotopic (exact) mass is 252 g/mol. The van der Waals surface area contributed by atoms with Gasteiger partial charge in [0, 0.05) is 0 Å². The molecule has 0 unspecified atom stereocenters. The van der Waals surface area contributed by atoms with E-state index >= 15 is 0 Å². The van der Waals surface area contributed by atoms with Crippen LogP contribution in [0.25, 0.3) is 0 Å². The van der Waals surface area contributed by atoms with Crippen molar-refractivity contribution >= 4 is 17.9 Å². The fraction of sp³-hybridized carbons (Fsp3) is 0.182. The molecule has 7 heteroatoms. The van der Waals surface area contributed by atoms with Crippen molar-refractivity contribution in [2.75, 3.05) is 6.61 Å². The predicted octanol–water partition coefficient (Wildman–Crippen LogP) is 0.267. The van der Waals surface area contributed by atoms with E-state index in [0.29, 0.717) is 5.56 Å². The van der Waals surface area contributed by atoms with E-state index in [9.17, 15) is 14.4 Å². The molecule has 0 bridgehead atoms. The summed E-state index contributed by atoms with van der Waals surface area (Å²) in [5, 5.41) is 10.6. The van der Waals surface area contributed by atoms with Gasteiger partial charge in [0.1, 0.15) is 5.75 Å². The number of amides is 3. The van der Waals surface area contributed by atoms with Crippen LogP contribution in [-0.2, 0) is 4.79 Å². The van der Waals surface area contributed by atoms with Crippen LogP contribution in [0, 0.1) is 6.92 Å². The molecule has 1 rings (SSSR count). The zero-order valence-electron chi connectivity index (χ0n) is 9.60. The Kier molecular flexibility index (Phi) is 4.25. The number of aromatic carboxylic acids is 1. The van der Waals surface area contributed by atoms with Crippen LogP contribution in [0.5, 0.6) is 5.75 Å². The molecule has 0 spiro atoms. The van der Waals surface area contributed by atoms with Crippen LogP contribution in [-0.4, -0.2) is 29.6 Å². The summed E-state index contributed by atoms with van der Waals surface area (Å²) >= 11 is 0. The molecule has 0 saturated carbocycles. The number of nitrogens with two attached hydrogens (primary N) is 1. The maximum atomic E-state index is 11.1. The number of urea groups is 1. The molecule has 0 aliphatic heterocycles. The van der Waals surface area contributed by atoms with E-state index in [0.717, 1.165) is 0 Å². The molecule has 0 aliphatic rings. The highest BCUT2D eigenvalue weighted by Gasteiger charge is 2.09. The number of benzene rings is 1. The van der Waals surface area contributed by atoms with Crippen molar-refractivity contribution < 1.29 is 24.2 Å². The van der Waals surface area contributed by atoms with Crippen LogP contribution in [0.1, 0.15) is 15.9 Å². The van der Waals surface area contributed by atoms with Gasteiger partial charge in [0.2, 0.25) is 0 Å². The number of imide groups is 1. The summed E-state index contributed by atoms with van der Waals surface area (Å²) in [7, 11) is 0. The number of hydrogen-bond acceptors (Lipinski definition) is 4. The van der Waals surface area contributed by atoms with E-state index < -0.39 is 24.5 Å². The summed E-state index contributed by atoms with van der Waals surface area (Å²) < 4.78 is 5.11. The highest BCUT2D eigenvalue weighted by atomic mass is 16.5. The molecule has 0 aromatic heterocycles. The molecule has 0 atom stereocenters. The number of rotatable bonds is 4. The highest BCUT2D eigenvalue weighted by molar-refractivity contribution is 5.94. The summed E-state index contributed by atoms with van der Waals surface area (Å²) in [4.78, 5) is 32.2. The Balaban J connectivity index is 2.72. The molecule has 4 N–H and O–H groups in total. The third kappa shape index (κ3) is 3.78. The molecule has 0 radical (unpaired) electrons. The van der Waals surface area contributed by atoms with E-state index in [4.69, 9.17) is 15.6 Å². The predicted molar refractivity (Wildman–Crippen MR) is 61.4 cm³/mol. The van der Waals surface area contributed by atoms with Crippen molar-refractivity contribution in [2.24, 2.45) is 5.73 Å². The Morgan fingerprint density at radius 3 is 2.61 bits per heavy atom. The van der Waals surface area contributed by atoms with Crippen molar-refractivity contribution in [3.63, 3.8) is 0 Å². The number of ether oxygens (including phenoxy) is 1. The standard InChI is InChI=1S/C11H12N2O5/c1-6-2-3-7(10(15)16)4-8(6)18-5-9(14)13-11(12)17/h2-4H,5H2,1H3,(H,15,16)(H3,12,13,14,17). The van der Waals surface area contributed by atoms with Gasteiger partial charge in [0.15, 0.2) is 6.61 Å². The lowest BCUT2D eigenvalue weighted by molar-refractivity contribution is -0.121. The second-order valence-corrected chi connectivity index (χ2v) is 3.49. The van der Waals surface area contributed by atoms with Crippen LogP contribution < -0.4 is 15.8 Å². The molecule has 0 aliphatic carbocycles. The quantitative estimate of drug-likeness (QED) is 0.710. The molecule has 0 heterocycles. The van der Waals surface area contributed by atoms with Gasteiger partial charge in [-0.1, -0.05) is 6.07 Å². The molecule has 3 amide bonds. The summed E-state index contributed by atoms with van der Waals surface area (Å²) in [6.45, 7) is 1.28. The number of carbonyl (C=O) groups is 3. The van der Waals surface area contributed by atoms with Crippen molar-refractivity contribution in [1.29, 1.82) is 0 Å². The second kappa shape index (κ2) is 5.67. The van der Waals surface area contributed by atoms with Crippen LogP contribution in [0.2, 0.25) is 0 Å². The fourth-order valence-electron chi connectivity index (χ4n) is 1.21. The van der Waals surface area contributed by atoms with Crippen molar-refractivity contribution in [2.45, 2.75) is 6.92 Å². The van der Waals surface area contributed by atoms with Gasteiger partial charge in [-0.05, 0) is 24.6 Å². The van der Waals surface area contributed by atoms with Gasteiger partial charge in [-0.2, -0.15) is 0 Å². The average molecular weight is 252 g/mol. The van der Waals surface area contributed by atoms with Gasteiger partial charge in [0.05, 0.1) is 5.56 Å². The summed E-state index contributed by atoms with van der Waals surface area (Å²) in [6, 6.07) is 3.31. The first-order valence-electron chi connectivity index (χ1n) is 4.96. The Morgan fingerprint density at radius 2 is 2.06 bits per heavy atom. The Hall–Kier alpha value is -2.57. The van der Waals surface area contributed by atoms with Crippen LogP contribution in [0.4, 0.5) is 4.79 Å². The van der Waals surface area contributed by atoms with Gasteiger partial charge in [-0.3, -0.25) is 10.1 Å². The van der Waals surface area contributed by atoms with E-state index in [-0.39, 0.29) is 11.3 Å². The normalized spacial score (nSPS) is 9.61. The lowest BCUT2D eigenvalue weighted by atomic mass is 10.1. The van der Waals surface area contributed by atoms with Crippen molar-refractivity contribution in [3.05, 3.63) is 29.3 Å². The Labute approximate surface area is 103 Å². The van der Waals surface area contributed by atoms with E-state index in [1.165, 1.54) is 12.1 Å². The highest BCUT2D eigenvalue weighted by Crippen LogP contribution is 2.19. The number of nitrogens with one attached hydrogen (secondary N) is 1. The molecular formula is C11H12N2O5. The van der Waals surface area contributed by atoms with E-state index in [1.54, 1.807) is 13.0 Å². The van der Waals surface area contributed by atoms with Gasteiger partial charge < -0.3 is 15.6 Å². The Morgan fingerprint density at radius 1 is 1.39 bits per heavy atom. The number of hydrogen-bond donors (Lipinski definition) is 3. The summed E-state index contributed by atoms with van der Waals surface area (Å²) in [6.07, 6.45) is 0. The average Bonchev–Trinajstić information content (AvgIpc) is 2.26. The number of carboxylic acids is 1. The lowest BCUT2D eigenvalue weighted by Gasteiger charge is -2.09. The molecular weight excluding hydrogens is 240 g/mol. The van der Waals surface area contributed by atoms with Gasteiger partial charge in [-0.15, -0.1) is 0 Å². The van der Waals surface area contributed by atoms with Gasteiger partial charge in [0.25, 0.3) is 5.91 Å². The number of carbonyl (C=O) groups excluding carboxylic acids is 2. The second-order valence-electron chi connectivity index (χ2n) is 3.49. The Bertz CT molecular complexity index is 498. The minimum absolute atomic E-state index is 0.0471. The van der Waals surface area contributed by atoms with Crippen molar-refractivity contribution in [3.8, 4) is 5.75 Å². The molecule has 7 nitrogen and oxygen atoms in total. The molecule has 0 fully saturated rings. The first-order chi connectivity index (χ1) is 8.40. The zero-order chi connectivity index (χ0) is 13.7. The van der Waals surface area contributed by atoms with Crippen LogP contribution in [0.15, 0.2) is 18.2 Å². The van der Waals surface area contributed by atoms with Gasteiger partial charge in [-0.25, -0.2) is 9.59 Å². The zero-order valence-corrected chi connectivity index (χ0v) is 9.60. The molecule has 0 saturated heterocycles. The molecule has 96 valence electrons. The SMILES string of the molecule is Cc1ccc(C(=O)O)cc1OCC(=O)NC(N)=O. The molecule has 1 aromatic carbocycles. The lowest BCUT2D eigenvalue weighted by Crippen LogP contribution is -2.38. The van der Waals surface area contributed by atoms with E-state index in [1.807, 2.05) is 5.32 Å². The third-order valence-electron chi connectivity index (χ3n) is 2.06. The van der Waals surface area contributed by atoms with Crippen LogP contribution in [0.3, 0.4) is 0 Å². The number of carboxylic acid groups (broad SMARTS) is 1. The first kappa shape index (κ1) is 13.5. The third-order valence-corrected chi connectivity index (χ3v) is 2.06. The maximum Gasteiger partial charge on any atom is 0.335 e. The minimum Gasteiger partial charge on any atom is -0.483 e. The first-order valence-corrected chi connectivity index (χ1v) is 4.96. The van der Waals surface area contributed by atoms with Crippen LogP contribution >= 0.6 is 0 Å². The number of primary amides is 1. The maximum absolute atomic E-state index is 11.1. The largest absolute Gasteiger partial charge is 0.483 e. The fourth-order valence-corrected chi connectivity index (χ4v) is 1.21.